The van der Waals surface area contributed by atoms with E-state index in [4.69, 9.17) is 14.2 Å². The van der Waals surface area contributed by atoms with Crippen LogP contribution in [0.5, 0.6) is 23.1 Å². The molecule has 0 saturated heterocycles. The number of pyridine rings is 1. The number of hydrogen-bond donors (Lipinski definition) is 1. The molecule has 42 heavy (non-hydrogen) atoms. The fraction of sp³-hybridized carbons (Fsp3) is 0.226. The highest BCUT2D eigenvalue weighted by Gasteiger charge is 2.21. The van der Waals surface area contributed by atoms with E-state index in [0.717, 1.165) is 11.1 Å². The summed E-state index contributed by atoms with van der Waals surface area (Å²) >= 11 is 0. The summed E-state index contributed by atoms with van der Waals surface area (Å²) in [5.74, 6) is 0.254. The van der Waals surface area contributed by atoms with Crippen LogP contribution in [0.15, 0.2) is 83.9 Å². The van der Waals surface area contributed by atoms with Crippen molar-refractivity contribution in [3.63, 3.8) is 0 Å². The largest absolute Gasteiger partial charge is 0.497 e. The first-order valence-electron chi connectivity index (χ1n) is 13.1. The highest BCUT2D eigenvalue weighted by molar-refractivity contribution is 7.85. The van der Waals surface area contributed by atoms with Crippen LogP contribution < -0.4 is 19.1 Å². The van der Waals surface area contributed by atoms with Crippen LogP contribution in [0, 0.1) is 12.7 Å². The molecule has 0 radical (unpaired) electrons. The fourth-order valence-electron chi connectivity index (χ4n) is 4.30. The number of hydrogen-bond acceptors (Lipinski definition) is 7. The fourth-order valence-corrected chi connectivity index (χ4v) is 4.84. The molecule has 11 heteroatoms. The first kappa shape index (κ1) is 30.5. The third-order valence-electron chi connectivity index (χ3n) is 6.53. The van der Waals surface area contributed by atoms with Crippen LogP contribution >= 0.6 is 0 Å². The Morgan fingerprint density at radius 3 is 2.50 bits per heavy atom. The monoisotopic (exact) mass is 594 g/mol. The van der Waals surface area contributed by atoms with Gasteiger partial charge in [0.05, 0.1) is 25.2 Å². The number of nitrogens with zero attached hydrogens (tertiary/aromatic N) is 2. The number of carbonyl (C=O) groups excluding carboxylic acids is 1. The van der Waals surface area contributed by atoms with Crippen molar-refractivity contribution in [1.29, 1.82) is 0 Å². The zero-order valence-corrected chi connectivity index (χ0v) is 24.2. The second-order valence-electron chi connectivity index (χ2n) is 9.45. The highest BCUT2D eigenvalue weighted by atomic mass is 32.2. The van der Waals surface area contributed by atoms with Crippen LogP contribution in [-0.2, 0) is 27.9 Å². The van der Waals surface area contributed by atoms with Crippen molar-refractivity contribution in [2.45, 2.75) is 38.1 Å². The average molecular weight is 595 g/mol. The molecule has 0 aliphatic rings. The Hall–Kier alpha value is -4.48. The molecular formula is C31H31FN2O7S. The second-order valence-corrected chi connectivity index (χ2v) is 10.9. The van der Waals surface area contributed by atoms with Gasteiger partial charge in [0.1, 0.15) is 17.2 Å². The van der Waals surface area contributed by atoms with Crippen LogP contribution in [0.2, 0.25) is 0 Å². The average Bonchev–Trinajstić information content (AvgIpc) is 2.96. The van der Waals surface area contributed by atoms with E-state index in [1.807, 2.05) is 6.92 Å². The van der Waals surface area contributed by atoms with Crippen molar-refractivity contribution < 1.29 is 36.4 Å². The van der Waals surface area contributed by atoms with Crippen molar-refractivity contribution in [2.24, 2.45) is 0 Å². The normalized spacial score (nSPS) is 11.2. The minimum atomic E-state index is -4.30. The van der Waals surface area contributed by atoms with E-state index in [-0.39, 0.29) is 29.0 Å². The summed E-state index contributed by atoms with van der Waals surface area (Å²) in [6.07, 6.45) is 2.57. The molecule has 0 atom stereocenters. The zero-order chi connectivity index (χ0) is 30.3. The quantitative estimate of drug-likeness (QED) is 0.154. The van der Waals surface area contributed by atoms with Crippen LogP contribution in [0.25, 0.3) is 0 Å². The Morgan fingerprint density at radius 1 is 1.00 bits per heavy atom. The smallest absolute Gasteiger partial charge is 0.294 e. The predicted molar refractivity (Wildman–Crippen MR) is 155 cm³/mol. The molecule has 0 spiro atoms. The third kappa shape index (κ3) is 7.62. The van der Waals surface area contributed by atoms with Gasteiger partial charge in [-0.05, 0) is 85.5 Å². The van der Waals surface area contributed by atoms with Gasteiger partial charge in [0, 0.05) is 18.7 Å². The number of benzene rings is 3. The standard InChI is InChI=1S/C31H31FN2O7S/c1-21-12-14-26(42(36,37)38)19-23(21)8-7-17-40-29-15-13-25(39-3)18-24(29)20-34(22(2)35)28-10-6-16-33-31(28)41-30-11-5-4-9-27(30)32/h4-6,9-16,18-19H,7-8,17,20H2,1-3H3,(H,36,37,38). The van der Waals surface area contributed by atoms with E-state index in [2.05, 4.69) is 4.98 Å². The van der Waals surface area contributed by atoms with Gasteiger partial charge in [-0.25, -0.2) is 9.37 Å². The number of carbonyl (C=O) groups is 1. The minimum Gasteiger partial charge on any atom is -0.497 e. The highest BCUT2D eigenvalue weighted by Crippen LogP contribution is 2.34. The molecule has 0 fully saturated rings. The number of methoxy groups -OCH3 is 1. The Morgan fingerprint density at radius 2 is 1.79 bits per heavy atom. The van der Waals surface area contributed by atoms with E-state index < -0.39 is 15.9 Å². The summed E-state index contributed by atoms with van der Waals surface area (Å²) in [5.41, 5.74) is 2.67. The zero-order valence-electron chi connectivity index (χ0n) is 23.4. The number of rotatable bonds is 12. The van der Waals surface area contributed by atoms with Crippen molar-refractivity contribution in [2.75, 3.05) is 18.6 Å². The Kier molecular flexibility index (Phi) is 9.76. The molecule has 3 aromatic carbocycles. The maximum absolute atomic E-state index is 14.3. The minimum absolute atomic E-state index is 0.0243. The summed E-state index contributed by atoms with van der Waals surface area (Å²) < 4.78 is 64.0. The first-order chi connectivity index (χ1) is 20.1. The van der Waals surface area contributed by atoms with Gasteiger partial charge >= 0.3 is 0 Å². The summed E-state index contributed by atoms with van der Waals surface area (Å²) in [4.78, 5) is 18.4. The lowest BCUT2D eigenvalue weighted by Crippen LogP contribution is -2.28. The lowest BCUT2D eigenvalue weighted by atomic mass is 10.0. The lowest BCUT2D eigenvalue weighted by Gasteiger charge is -2.24. The van der Waals surface area contributed by atoms with Gasteiger partial charge in [-0.3, -0.25) is 9.35 Å². The van der Waals surface area contributed by atoms with E-state index in [1.54, 1.807) is 48.5 Å². The lowest BCUT2D eigenvalue weighted by molar-refractivity contribution is -0.116. The van der Waals surface area contributed by atoms with Gasteiger partial charge in [0.25, 0.3) is 10.1 Å². The molecule has 0 aliphatic heterocycles. The molecule has 0 saturated carbocycles. The number of ether oxygens (including phenoxy) is 3. The van der Waals surface area contributed by atoms with Crippen LogP contribution in [-0.4, -0.2) is 37.6 Å². The van der Waals surface area contributed by atoms with Gasteiger partial charge in [-0.2, -0.15) is 8.42 Å². The van der Waals surface area contributed by atoms with Crippen molar-refractivity contribution in [1.82, 2.24) is 4.98 Å². The van der Waals surface area contributed by atoms with Gasteiger partial charge in [-0.1, -0.05) is 18.2 Å². The van der Waals surface area contributed by atoms with E-state index in [1.165, 1.54) is 49.4 Å². The Balaban J connectivity index is 1.54. The topological polar surface area (TPSA) is 115 Å². The van der Waals surface area contributed by atoms with Gasteiger partial charge < -0.3 is 19.1 Å². The SMILES string of the molecule is COc1ccc(OCCCc2cc(S(=O)(=O)O)ccc2C)c(CN(C(C)=O)c2cccnc2Oc2ccccc2F)c1. The van der Waals surface area contributed by atoms with E-state index in [9.17, 15) is 22.2 Å². The summed E-state index contributed by atoms with van der Waals surface area (Å²) in [5, 5.41) is 0. The van der Waals surface area contributed by atoms with Crippen LogP contribution in [0.1, 0.15) is 30.0 Å². The molecule has 1 aromatic heterocycles. The summed E-state index contributed by atoms with van der Waals surface area (Å²) in [7, 11) is -2.77. The number of halogens is 1. The third-order valence-corrected chi connectivity index (χ3v) is 7.38. The van der Waals surface area contributed by atoms with E-state index in [0.29, 0.717) is 42.2 Å². The van der Waals surface area contributed by atoms with Crippen LogP contribution in [0.4, 0.5) is 10.1 Å². The number of aromatic nitrogens is 1. The molecular weight excluding hydrogens is 563 g/mol. The molecule has 9 nitrogen and oxygen atoms in total. The number of aryl methyl sites for hydroxylation is 2. The molecule has 0 aliphatic carbocycles. The molecule has 220 valence electrons. The predicted octanol–water partition coefficient (Wildman–Crippen LogP) is 6.14. The van der Waals surface area contributed by atoms with Crippen molar-refractivity contribution in [3.8, 4) is 23.1 Å². The summed E-state index contributed by atoms with van der Waals surface area (Å²) in [6, 6.07) is 19.0. The maximum Gasteiger partial charge on any atom is 0.294 e. The van der Waals surface area contributed by atoms with E-state index >= 15 is 0 Å². The molecule has 4 aromatic rings. The molecule has 1 amide bonds. The number of amides is 1. The van der Waals surface area contributed by atoms with Gasteiger partial charge in [0.15, 0.2) is 11.6 Å². The Labute approximate surface area is 244 Å². The molecule has 0 unspecified atom stereocenters. The molecule has 1 heterocycles. The maximum atomic E-state index is 14.3. The van der Waals surface area contributed by atoms with Crippen molar-refractivity contribution >= 4 is 21.7 Å². The Bertz CT molecular complexity index is 1680. The number of anilines is 1. The van der Waals surface area contributed by atoms with Gasteiger partial charge in [0.2, 0.25) is 11.8 Å². The van der Waals surface area contributed by atoms with Gasteiger partial charge in [-0.15, -0.1) is 0 Å². The van der Waals surface area contributed by atoms with Crippen LogP contribution in [0.3, 0.4) is 0 Å². The molecule has 0 bridgehead atoms. The summed E-state index contributed by atoms with van der Waals surface area (Å²) in [6.45, 7) is 3.65. The molecule has 4 rings (SSSR count). The molecule has 1 N–H and O–H groups in total. The van der Waals surface area contributed by atoms with Crippen molar-refractivity contribution in [3.05, 3.63) is 102 Å². The first-order valence-corrected chi connectivity index (χ1v) is 14.5. The number of para-hydroxylation sites is 1. The second kappa shape index (κ2) is 13.5.